The van der Waals surface area contributed by atoms with Gasteiger partial charge in [-0.05, 0) is 72.4 Å². The molecule has 0 N–H and O–H groups in total. The monoisotopic (exact) mass is 456 g/mol. The second-order valence-corrected chi connectivity index (χ2v) is 10.4. The van der Waals surface area contributed by atoms with Crippen LogP contribution in [-0.2, 0) is 5.41 Å². The molecule has 6 aromatic rings. The predicted octanol–water partition coefficient (Wildman–Crippen LogP) is 7.70. The first-order chi connectivity index (χ1) is 16.8. The summed E-state index contributed by atoms with van der Waals surface area (Å²) >= 11 is 0. The van der Waals surface area contributed by atoms with E-state index in [0.717, 1.165) is 49.9 Å². The Morgan fingerprint density at radius 2 is 1.29 bits per heavy atom. The van der Waals surface area contributed by atoms with Gasteiger partial charge in [-0.15, -0.1) is 0 Å². The second kappa shape index (κ2) is 7.74. The molecule has 3 aromatic heterocycles. The summed E-state index contributed by atoms with van der Waals surface area (Å²) in [5, 5.41) is 2.07. The Bertz CT molecular complexity index is 1710. The lowest BCUT2D eigenvalue weighted by Crippen LogP contribution is -2.10. The number of fused-ring (bicyclic) bond motifs is 6. The van der Waals surface area contributed by atoms with E-state index in [4.69, 9.17) is 15.0 Å². The molecule has 0 spiro atoms. The fourth-order valence-corrected chi connectivity index (χ4v) is 5.07. The van der Waals surface area contributed by atoms with Gasteiger partial charge in [0.05, 0.1) is 22.1 Å². The highest BCUT2D eigenvalue weighted by Crippen LogP contribution is 2.38. The van der Waals surface area contributed by atoms with Crippen LogP contribution in [0.15, 0.2) is 79.1 Å². The molecule has 0 aliphatic rings. The molecule has 0 atom stereocenters. The summed E-state index contributed by atoms with van der Waals surface area (Å²) in [5.41, 5.74) is 9.83. The Hall–Kier alpha value is -4.05. The number of hydrogen-bond donors (Lipinski definition) is 0. The first-order valence-electron chi connectivity index (χ1n) is 12.0. The summed E-state index contributed by atoms with van der Waals surface area (Å²) < 4.78 is 2.30. The predicted molar refractivity (Wildman–Crippen MR) is 145 cm³/mol. The third kappa shape index (κ3) is 3.48. The van der Waals surface area contributed by atoms with Gasteiger partial charge in [-0.1, -0.05) is 51.1 Å². The van der Waals surface area contributed by atoms with Crippen molar-refractivity contribution in [3.8, 4) is 17.1 Å². The third-order valence-electron chi connectivity index (χ3n) is 6.70. The molecular weight excluding hydrogens is 428 g/mol. The van der Waals surface area contributed by atoms with Gasteiger partial charge in [-0.3, -0.25) is 14.5 Å². The van der Waals surface area contributed by atoms with Crippen molar-refractivity contribution >= 4 is 32.8 Å². The van der Waals surface area contributed by atoms with Crippen LogP contribution < -0.4 is 0 Å². The minimum atomic E-state index is 0.0933. The average Bonchev–Trinajstić information content (AvgIpc) is 3.24. The van der Waals surface area contributed by atoms with Crippen LogP contribution in [-0.4, -0.2) is 19.5 Å². The molecule has 3 heterocycles. The Morgan fingerprint density at radius 1 is 0.686 bits per heavy atom. The first kappa shape index (κ1) is 21.5. The van der Waals surface area contributed by atoms with E-state index in [1.54, 1.807) is 0 Å². The number of rotatable bonds is 2. The minimum absolute atomic E-state index is 0.0933. The summed E-state index contributed by atoms with van der Waals surface area (Å²) in [6.45, 7) is 11.0. The van der Waals surface area contributed by atoms with Crippen molar-refractivity contribution < 1.29 is 0 Å². The molecule has 35 heavy (non-hydrogen) atoms. The highest BCUT2D eigenvalue weighted by atomic mass is 15.1. The summed E-state index contributed by atoms with van der Waals surface area (Å²) in [6, 6.07) is 23.7. The van der Waals surface area contributed by atoms with Gasteiger partial charge in [-0.25, -0.2) is 4.98 Å². The molecule has 3 aromatic carbocycles. The minimum Gasteiger partial charge on any atom is -0.292 e. The van der Waals surface area contributed by atoms with E-state index in [1.807, 2.05) is 24.5 Å². The van der Waals surface area contributed by atoms with Crippen LogP contribution in [0, 0.1) is 13.8 Å². The molecule has 4 heteroatoms. The maximum atomic E-state index is 5.28. The second-order valence-electron chi connectivity index (χ2n) is 10.4. The van der Waals surface area contributed by atoms with Gasteiger partial charge in [0.2, 0.25) is 0 Å². The van der Waals surface area contributed by atoms with Gasteiger partial charge in [0.1, 0.15) is 5.82 Å². The molecule has 0 unspecified atom stereocenters. The lowest BCUT2D eigenvalue weighted by atomic mass is 9.86. The van der Waals surface area contributed by atoms with Crippen LogP contribution in [0.4, 0.5) is 0 Å². The number of imidazole rings is 1. The summed E-state index contributed by atoms with van der Waals surface area (Å²) in [6.07, 6.45) is 3.67. The normalized spacial score (nSPS) is 12.1. The summed E-state index contributed by atoms with van der Waals surface area (Å²) in [5.74, 6) is 0.923. The molecule has 6 rings (SSSR count). The van der Waals surface area contributed by atoms with Crippen molar-refractivity contribution in [3.05, 3.63) is 95.8 Å². The topological polar surface area (TPSA) is 43.6 Å². The Morgan fingerprint density at radius 3 is 1.91 bits per heavy atom. The zero-order valence-electron chi connectivity index (χ0n) is 20.8. The van der Waals surface area contributed by atoms with Crippen LogP contribution in [0.1, 0.15) is 37.5 Å². The molecule has 0 fully saturated rings. The molecule has 0 radical (unpaired) electrons. The van der Waals surface area contributed by atoms with Gasteiger partial charge >= 0.3 is 0 Å². The number of nitrogens with zero attached hydrogens (tertiary/aromatic N) is 4. The van der Waals surface area contributed by atoms with Crippen LogP contribution >= 0.6 is 0 Å². The van der Waals surface area contributed by atoms with Gasteiger partial charge in [0, 0.05) is 34.4 Å². The fourth-order valence-electron chi connectivity index (χ4n) is 5.07. The number of benzene rings is 3. The van der Waals surface area contributed by atoms with Crippen LogP contribution in [0.3, 0.4) is 0 Å². The first-order valence-corrected chi connectivity index (χ1v) is 12.0. The molecule has 4 nitrogen and oxygen atoms in total. The molecule has 0 aliphatic heterocycles. The van der Waals surface area contributed by atoms with Crippen LogP contribution in [0.5, 0.6) is 0 Å². The van der Waals surface area contributed by atoms with E-state index < -0.39 is 0 Å². The molecule has 0 aliphatic carbocycles. The lowest BCUT2D eigenvalue weighted by molar-refractivity contribution is 0.590. The van der Waals surface area contributed by atoms with Gasteiger partial charge < -0.3 is 0 Å². The van der Waals surface area contributed by atoms with Crippen molar-refractivity contribution in [2.75, 3.05) is 0 Å². The average molecular weight is 457 g/mol. The number of hydrogen-bond acceptors (Lipinski definition) is 3. The summed E-state index contributed by atoms with van der Waals surface area (Å²) in [4.78, 5) is 14.7. The number of pyridine rings is 2. The standard InChI is InChI=1S/C31H28N4/c1-19-16-20(2)18-23(17-19)35-29-25-9-7-15-33-27(25)26-24(8-6-14-32-26)28(29)34-30(35)21-10-12-22(13-11-21)31(3,4)5/h6-18H,1-5H3. The van der Waals surface area contributed by atoms with Crippen LogP contribution in [0.2, 0.25) is 0 Å². The molecule has 0 saturated carbocycles. The molecule has 0 amide bonds. The zero-order valence-corrected chi connectivity index (χ0v) is 20.8. The molecule has 172 valence electrons. The van der Waals surface area contributed by atoms with Crippen molar-refractivity contribution in [3.63, 3.8) is 0 Å². The molecule has 0 bridgehead atoms. The van der Waals surface area contributed by atoms with E-state index in [-0.39, 0.29) is 5.41 Å². The Balaban J connectivity index is 1.79. The fraction of sp³-hybridized carbons (Fsp3) is 0.194. The highest BCUT2D eigenvalue weighted by molar-refractivity contribution is 6.21. The SMILES string of the molecule is Cc1cc(C)cc(-n2c(-c3ccc(C(C)(C)C)cc3)nc3c4cccnc4c4ncccc4c32)c1. The maximum absolute atomic E-state index is 5.28. The van der Waals surface area contributed by atoms with E-state index in [0.29, 0.717) is 0 Å². The van der Waals surface area contributed by atoms with Gasteiger partial charge in [-0.2, -0.15) is 0 Å². The maximum Gasteiger partial charge on any atom is 0.145 e. The van der Waals surface area contributed by atoms with Crippen molar-refractivity contribution in [2.45, 2.75) is 40.0 Å². The number of aryl methyl sites for hydroxylation is 2. The quantitative estimate of drug-likeness (QED) is 0.251. The Labute approximate surface area is 205 Å². The third-order valence-corrected chi connectivity index (χ3v) is 6.70. The highest BCUT2D eigenvalue weighted by Gasteiger charge is 2.22. The Kier molecular flexibility index (Phi) is 4.75. The number of aromatic nitrogens is 4. The zero-order chi connectivity index (χ0) is 24.3. The van der Waals surface area contributed by atoms with E-state index in [9.17, 15) is 0 Å². The summed E-state index contributed by atoms with van der Waals surface area (Å²) in [7, 11) is 0. The molecule has 0 saturated heterocycles. The van der Waals surface area contributed by atoms with Crippen molar-refractivity contribution in [1.82, 2.24) is 19.5 Å². The van der Waals surface area contributed by atoms with Crippen molar-refractivity contribution in [2.24, 2.45) is 0 Å². The van der Waals surface area contributed by atoms with E-state index >= 15 is 0 Å². The molecular formula is C31H28N4. The van der Waals surface area contributed by atoms with Gasteiger partial charge in [0.15, 0.2) is 0 Å². The smallest absolute Gasteiger partial charge is 0.145 e. The van der Waals surface area contributed by atoms with E-state index in [2.05, 4.69) is 93.8 Å². The van der Waals surface area contributed by atoms with E-state index in [1.165, 1.54) is 16.7 Å². The van der Waals surface area contributed by atoms with Crippen LogP contribution in [0.25, 0.3) is 49.9 Å². The largest absolute Gasteiger partial charge is 0.292 e. The van der Waals surface area contributed by atoms with Crippen molar-refractivity contribution in [1.29, 1.82) is 0 Å². The van der Waals surface area contributed by atoms with Gasteiger partial charge in [0.25, 0.3) is 0 Å². The lowest BCUT2D eigenvalue weighted by Gasteiger charge is -2.19.